The first kappa shape index (κ1) is 25.3. The zero-order valence-corrected chi connectivity index (χ0v) is 21.4. The Balaban J connectivity index is 1.66. The smallest absolute Gasteiger partial charge is 0.338 e. The highest BCUT2D eigenvalue weighted by Crippen LogP contribution is 2.43. The van der Waals surface area contributed by atoms with Crippen molar-refractivity contribution in [3.8, 4) is 5.75 Å². The van der Waals surface area contributed by atoms with Gasteiger partial charge in [-0.25, -0.2) is 4.79 Å². The van der Waals surface area contributed by atoms with Crippen molar-refractivity contribution in [3.63, 3.8) is 0 Å². The van der Waals surface area contributed by atoms with Crippen LogP contribution in [-0.4, -0.2) is 36.5 Å². The maximum Gasteiger partial charge on any atom is 0.338 e. The van der Waals surface area contributed by atoms with Gasteiger partial charge in [-0.15, -0.1) is 0 Å². The Hall–Kier alpha value is -4.39. The van der Waals surface area contributed by atoms with E-state index in [1.165, 1.54) is 16.5 Å². The van der Waals surface area contributed by atoms with Crippen LogP contribution >= 0.6 is 0 Å². The van der Waals surface area contributed by atoms with Gasteiger partial charge >= 0.3 is 5.97 Å². The molecule has 7 nitrogen and oxygen atoms in total. The zero-order valence-electron chi connectivity index (χ0n) is 21.4. The number of benzene rings is 3. The minimum absolute atomic E-state index is 0.00235. The van der Waals surface area contributed by atoms with Gasteiger partial charge in [0.15, 0.2) is 0 Å². The standard InChI is InChI=1S/C31H29NO6/c1-3-38-31(36)23-9-6-10-24(18-23)32-27(20-13-15-25(37-2)16-14-20)26(29(34)30(32)35)28(33)22-12-11-19-7-4-5-8-21(19)17-22/h6,9-18,27,33H,3-5,7-8H2,1-2H3/b28-26-. The molecule has 0 aromatic heterocycles. The number of carbonyl (C=O) groups excluding carboxylic acids is 3. The number of ketones is 1. The number of aliphatic hydroxyl groups excluding tert-OH is 1. The third-order valence-corrected chi connectivity index (χ3v) is 7.13. The number of esters is 1. The molecule has 1 fully saturated rings. The molecule has 1 unspecified atom stereocenters. The number of aliphatic hydroxyl groups is 1. The third-order valence-electron chi connectivity index (χ3n) is 7.13. The van der Waals surface area contributed by atoms with Crippen molar-refractivity contribution in [2.45, 2.75) is 38.6 Å². The Bertz CT molecular complexity index is 1440. The molecule has 1 saturated heterocycles. The van der Waals surface area contributed by atoms with Crippen LogP contribution in [0.1, 0.15) is 58.4 Å². The molecule has 1 heterocycles. The molecule has 194 valence electrons. The topological polar surface area (TPSA) is 93.1 Å². The van der Waals surface area contributed by atoms with E-state index in [9.17, 15) is 19.5 Å². The van der Waals surface area contributed by atoms with Gasteiger partial charge < -0.3 is 14.6 Å². The molecule has 1 aliphatic carbocycles. The van der Waals surface area contributed by atoms with Crippen molar-refractivity contribution in [1.82, 2.24) is 0 Å². The van der Waals surface area contributed by atoms with Crippen LogP contribution in [-0.2, 0) is 27.2 Å². The highest BCUT2D eigenvalue weighted by Gasteiger charge is 2.47. The molecule has 1 N–H and O–H groups in total. The van der Waals surface area contributed by atoms with E-state index < -0.39 is 23.7 Å². The fraction of sp³-hybridized carbons (Fsp3) is 0.258. The van der Waals surface area contributed by atoms with Crippen LogP contribution in [0.4, 0.5) is 5.69 Å². The first-order valence-electron chi connectivity index (χ1n) is 12.8. The normalized spacial score (nSPS) is 18.3. The maximum absolute atomic E-state index is 13.5. The summed E-state index contributed by atoms with van der Waals surface area (Å²) in [4.78, 5) is 40.7. The largest absolute Gasteiger partial charge is 0.507 e. The molecule has 1 amide bonds. The third kappa shape index (κ3) is 4.56. The fourth-order valence-corrected chi connectivity index (χ4v) is 5.23. The average molecular weight is 512 g/mol. The molecule has 0 spiro atoms. The number of ether oxygens (including phenoxy) is 2. The molecule has 1 aliphatic heterocycles. The maximum atomic E-state index is 13.5. The van der Waals surface area contributed by atoms with E-state index in [4.69, 9.17) is 9.47 Å². The number of rotatable bonds is 6. The van der Waals surface area contributed by atoms with Crippen molar-refractivity contribution in [2.75, 3.05) is 18.6 Å². The van der Waals surface area contributed by atoms with Crippen molar-refractivity contribution >= 4 is 29.1 Å². The second-order valence-electron chi connectivity index (χ2n) is 9.40. The van der Waals surface area contributed by atoms with Gasteiger partial charge in [-0.05, 0) is 85.7 Å². The lowest BCUT2D eigenvalue weighted by Crippen LogP contribution is -2.29. The lowest BCUT2D eigenvalue weighted by Gasteiger charge is -2.26. The quantitative estimate of drug-likeness (QED) is 0.207. The molecule has 1 atom stereocenters. The van der Waals surface area contributed by atoms with Crippen molar-refractivity contribution < 1.29 is 29.0 Å². The van der Waals surface area contributed by atoms with Gasteiger partial charge in [-0.2, -0.15) is 0 Å². The summed E-state index contributed by atoms with van der Waals surface area (Å²) in [5, 5.41) is 11.5. The van der Waals surface area contributed by atoms with Crippen molar-refractivity contribution in [2.24, 2.45) is 0 Å². The summed E-state index contributed by atoms with van der Waals surface area (Å²) >= 11 is 0. The summed E-state index contributed by atoms with van der Waals surface area (Å²) in [6.45, 7) is 1.92. The summed E-state index contributed by atoms with van der Waals surface area (Å²) in [5.74, 6) is -1.71. The first-order valence-corrected chi connectivity index (χ1v) is 12.8. The summed E-state index contributed by atoms with van der Waals surface area (Å²) in [6.07, 6.45) is 4.10. The Kier molecular flexibility index (Phi) is 7.01. The first-order chi connectivity index (χ1) is 18.4. The Labute approximate surface area is 221 Å². The lowest BCUT2D eigenvalue weighted by atomic mass is 9.88. The molecular weight excluding hydrogens is 482 g/mol. The number of hydrogen-bond donors (Lipinski definition) is 1. The van der Waals surface area contributed by atoms with Gasteiger partial charge in [-0.3, -0.25) is 14.5 Å². The molecule has 7 heteroatoms. The Morgan fingerprint density at radius 3 is 2.39 bits per heavy atom. The van der Waals surface area contributed by atoms with Gasteiger partial charge in [-0.1, -0.05) is 30.3 Å². The monoisotopic (exact) mass is 511 g/mol. The zero-order chi connectivity index (χ0) is 26.8. The van der Waals surface area contributed by atoms with Crippen LogP contribution < -0.4 is 9.64 Å². The van der Waals surface area contributed by atoms with E-state index in [-0.39, 0.29) is 23.5 Å². The number of methoxy groups -OCH3 is 1. The summed E-state index contributed by atoms with van der Waals surface area (Å²) < 4.78 is 10.4. The molecule has 38 heavy (non-hydrogen) atoms. The van der Waals surface area contributed by atoms with E-state index in [2.05, 4.69) is 0 Å². The van der Waals surface area contributed by atoms with E-state index in [1.54, 1.807) is 62.6 Å². The van der Waals surface area contributed by atoms with Gasteiger partial charge in [0.05, 0.1) is 30.9 Å². The Morgan fingerprint density at radius 1 is 0.947 bits per heavy atom. The molecule has 5 rings (SSSR count). The van der Waals surface area contributed by atoms with Crippen LogP contribution in [0.3, 0.4) is 0 Å². The minimum Gasteiger partial charge on any atom is -0.507 e. The highest BCUT2D eigenvalue weighted by atomic mass is 16.5. The van der Waals surface area contributed by atoms with E-state index in [1.807, 2.05) is 12.1 Å². The fourth-order valence-electron chi connectivity index (χ4n) is 5.23. The van der Waals surface area contributed by atoms with Gasteiger partial charge in [0, 0.05) is 11.3 Å². The SMILES string of the molecule is CCOC(=O)c1cccc(N2C(=O)C(=O)/C(=C(\O)c3ccc4c(c3)CCCC4)C2c2ccc(OC)cc2)c1. The van der Waals surface area contributed by atoms with Crippen molar-refractivity contribution in [1.29, 1.82) is 0 Å². The van der Waals surface area contributed by atoms with Crippen LogP contribution in [0.5, 0.6) is 5.75 Å². The predicted molar refractivity (Wildman–Crippen MR) is 143 cm³/mol. The van der Waals surface area contributed by atoms with Crippen LogP contribution in [0.25, 0.3) is 5.76 Å². The summed E-state index contributed by atoms with van der Waals surface area (Å²) in [5.41, 5.74) is 4.12. The van der Waals surface area contributed by atoms with Crippen LogP contribution in [0.15, 0.2) is 72.3 Å². The number of aryl methyl sites for hydroxylation is 2. The molecule has 0 radical (unpaired) electrons. The Morgan fingerprint density at radius 2 is 1.68 bits per heavy atom. The minimum atomic E-state index is -0.908. The van der Waals surface area contributed by atoms with Gasteiger partial charge in [0.2, 0.25) is 0 Å². The number of fused-ring (bicyclic) bond motifs is 1. The molecular formula is C31H29NO6. The molecule has 0 saturated carbocycles. The summed E-state index contributed by atoms with van der Waals surface area (Å²) in [6, 6.07) is 18.2. The molecule has 3 aromatic carbocycles. The van der Waals surface area contributed by atoms with Gasteiger partial charge in [0.25, 0.3) is 11.7 Å². The summed E-state index contributed by atoms with van der Waals surface area (Å²) in [7, 11) is 1.55. The number of carbonyl (C=O) groups is 3. The lowest BCUT2D eigenvalue weighted by molar-refractivity contribution is -0.132. The number of Topliss-reactive ketones (excluding diaryl/α,β-unsaturated/α-hetero) is 1. The van der Waals surface area contributed by atoms with E-state index in [0.717, 1.165) is 31.2 Å². The van der Waals surface area contributed by atoms with Crippen LogP contribution in [0, 0.1) is 0 Å². The number of hydrogen-bond acceptors (Lipinski definition) is 6. The average Bonchev–Trinajstić information content (AvgIpc) is 3.22. The van der Waals surface area contributed by atoms with E-state index >= 15 is 0 Å². The molecule has 0 bridgehead atoms. The number of nitrogens with zero attached hydrogens (tertiary/aromatic N) is 1. The predicted octanol–water partition coefficient (Wildman–Crippen LogP) is 5.38. The van der Waals surface area contributed by atoms with Crippen molar-refractivity contribution in [3.05, 3.63) is 100 Å². The second kappa shape index (κ2) is 10.5. The van der Waals surface area contributed by atoms with Crippen LogP contribution in [0.2, 0.25) is 0 Å². The highest BCUT2D eigenvalue weighted by molar-refractivity contribution is 6.51. The van der Waals surface area contributed by atoms with Gasteiger partial charge in [0.1, 0.15) is 11.5 Å². The molecule has 2 aliphatic rings. The number of amides is 1. The second-order valence-corrected chi connectivity index (χ2v) is 9.40. The number of anilines is 1. The van der Waals surface area contributed by atoms with E-state index in [0.29, 0.717) is 22.6 Å². The molecule has 3 aromatic rings.